The summed E-state index contributed by atoms with van der Waals surface area (Å²) in [6.07, 6.45) is 5.44. The number of carbonyl (C=O) groups excluding carboxylic acids is 1. The largest absolute Gasteiger partial charge is 0.308 e. The topological polar surface area (TPSA) is 60.7 Å². The number of nitrogens with zero attached hydrogens (tertiary/aromatic N) is 4. The first-order valence-electron chi connectivity index (χ1n) is 3.46. The minimum atomic E-state index is 0.285. The van der Waals surface area contributed by atoms with Gasteiger partial charge in [0.2, 0.25) is 0 Å². The molecule has 0 fully saturated rings. The Kier molecular flexibility index (Phi) is 1.55. The van der Waals surface area contributed by atoms with Gasteiger partial charge in [-0.25, -0.2) is 15.0 Å². The van der Waals surface area contributed by atoms with E-state index in [0.717, 1.165) is 6.29 Å². The van der Waals surface area contributed by atoms with Crippen molar-refractivity contribution in [1.82, 2.24) is 19.5 Å². The van der Waals surface area contributed by atoms with Gasteiger partial charge in [0.15, 0.2) is 5.65 Å². The molecule has 2 aromatic rings. The van der Waals surface area contributed by atoms with Gasteiger partial charge < -0.3 is 9.36 Å². The molecule has 0 amide bonds. The van der Waals surface area contributed by atoms with Gasteiger partial charge in [-0.1, -0.05) is 0 Å². The molecule has 0 aliphatic carbocycles. The van der Waals surface area contributed by atoms with Crippen LogP contribution in [0.4, 0.5) is 0 Å². The van der Waals surface area contributed by atoms with Crippen LogP contribution in [-0.2, 0) is 11.3 Å². The maximum Gasteiger partial charge on any atom is 0.163 e. The Labute approximate surface area is 68.1 Å². The zero-order valence-corrected chi connectivity index (χ0v) is 6.21. The fourth-order valence-electron chi connectivity index (χ4n) is 1.03. The van der Waals surface area contributed by atoms with Crippen molar-refractivity contribution in [2.24, 2.45) is 0 Å². The Hall–Kier alpha value is -1.78. The summed E-state index contributed by atoms with van der Waals surface area (Å²) in [6.45, 7) is 0.285. The average molecular weight is 162 g/mol. The van der Waals surface area contributed by atoms with Crippen molar-refractivity contribution in [3.8, 4) is 0 Å². The van der Waals surface area contributed by atoms with Crippen LogP contribution in [0, 0.1) is 0 Å². The van der Waals surface area contributed by atoms with Crippen molar-refractivity contribution in [2.45, 2.75) is 6.54 Å². The van der Waals surface area contributed by atoms with Gasteiger partial charge in [-0.05, 0) is 0 Å². The first-order valence-corrected chi connectivity index (χ1v) is 3.46. The molecule has 0 saturated carbocycles. The number of hydrogen-bond donors (Lipinski definition) is 0. The second-order valence-electron chi connectivity index (χ2n) is 2.30. The molecule has 0 N–H and O–H groups in total. The maximum atomic E-state index is 10.2. The number of aldehydes is 1. The van der Waals surface area contributed by atoms with E-state index in [1.165, 1.54) is 6.33 Å². The molecule has 2 rings (SSSR count). The second kappa shape index (κ2) is 2.69. The van der Waals surface area contributed by atoms with E-state index >= 15 is 0 Å². The quantitative estimate of drug-likeness (QED) is 0.584. The fourth-order valence-corrected chi connectivity index (χ4v) is 1.03. The highest BCUT2D eigenvalue weighted by atomic mass is 16.1. The van der Waals surface area contributed by atoms with E-state index in [4.69, 9.17) is 0 Å². The Morgan fingerprint density at radius 2 is 2.42 bits per heavy atom. The average Bonchev–Trinajstić information content (AvgIpc) is 2.50. The third-order valence-corrected chi connectivity index (χ3v) is 1.55. The lowest BCUT2D eigenvalue weighted by Gasteiger charge is -1.93. The standard InChI is InChI=1S/C7H6N4O/c12-2-1-11-5-10-6-3-8-4-9-7(6)11/h2-5H,1H2. The molecule has 0 spiro atoms. The van der Waals surface area contributed by atoms with Crippen LogP contribution in [0.5, 0.6) is 0 Å². The molecular weight excluding hydrogens is 156 g/mol. The molecule has 0 aliphatic rings. The number of carbonyl (C=O) groups is 1. The smallest absolute Gasteiger partial charge is 0.163 e. The molecule has 0 unspecified atom stereocenters. The molecule has 0 aromatic carbocycles. The van der Waals surface area contributed by atoms with Crippen LogP contribution in [0.25, 0.3) is 11.2 Å². The number of hydrogen-bond acceptors (Lipinski definition) is 4. The van der Waals surface area contributed by atoms with Crippen LogP contribution in [0.15, 0.2) is 18.9 Å². The first-order chi connectivity index (χ1) is 5.92. The monoisotopic (exact) mass is 162 g/mol. The Morgan fingerprint density at radius 3 is 3.25 bits per heavy atom. The minimum absolute atomic E-state index is 0.285. The number of aromatic nitrogens is 4. The minimum Gasteiger partial charge on any atom is -0.308 e. The molecule has 0 aliphatic heterocycles. The van der Waals surface area contributed by atoms with Gasteiger partial charge >= 0.3 is 0 Å². The van der Waals surface area contributed by atoms with Gasteiger partial charge in [-0.3, -0.25) is 0 Å². The van der Waals surface area contributed by atoms with Crippen LogP contribution in [0.3, 0.4) is 0 Å². The van der Waals surface area contributed by atoms with E-state index in [2.05, 4.69) is 15.0 Å². The van der Waals surface area contributed by atoms with E-state index < -0.39 is 0 Å². The lowest BCUT2D eigenvalue weighted by molar-refractivity contribution is -0.108. The number of rotatable bonds is 2. The molecule has 0 radical (unpaired) electrons. The molecule has 0 bridgehead atoms. The molecule has 12 heavy (non-hydrogen) atoms. The summed E-state index contributed by atoms with van der Waals surface area (Å²) in [6, 6.07) is 0. The van der Waals surface area contributed by atoms with Crippen LogP contribution in [0.1, 0.15) is 0 Å². The molecule has 5 nitrogen and oxygen atoms in total. The summed E-state index contributed by atoms with van der Waals surface area (Å²) >= 11 is 0. The van der Waals surface area contributed by atoms with E-state index in [0.29, 0.717) is 11.2 Å². The lowest BCUT2D eigenvalue weighted by Crippen LogP contribution is -1.97. The first kappa shape index (κ1) is 6.90. The molecule has 60 valence electrons. The molecule has 2 aromatic heterocycles. The molecule has 5 heteroatoms. The Morgan fingerprint density at radius 1 is 1.50 bits per heavy atom. The fraction of sp³-hybridized carbons (Fsp3) is 0.143. The van der Waals surface area contributed by atoms with Gasteiger partial charge in [-0.15, -0.1) is 0 Å². The van der Waals surface area contributed by atoms with Crippen LogP contribution in [0.2, 0.25) is 0 Å². The van der Waals surface area contributed by atoms with Crippen LogP contribution >= 0.6 is 0 Å². The van der Waals surface area contributed by atoms with E-state index in [-0.39, 0.29) is 6.54 Å². The molecule has 0 saturated heterocycles. The SMILES string of the molecule is O=CCn1cnc2cncnc21. The van der Waals surface area contributed by atoms with Gasteiger partial charge in [0.05, 0.1) is 19.1 Å². The van der Waals surface area contributed by atoms with Crippen molar-refractivity contribution < 1.29 is 4.79 Å². The predicted octanol–water partition coefficient (Wildman–Crippen LogP) is 0.0252. The normalized spacial score (nSPS) is 10.3. The molecule has 2 heterocycles. The van der Waals surface area contributed by atoms with Crippen molar-refractivity contribution in [2.75, 3.05) is 0 Å². The Bertz CT molecular complexity index is 408. The lowest BCUT2D eigenvalue weighted by atomic mass is 10.5. The zero-order chi connectivity index (χ0) is 8.39. The zero-order valence-electron chi connectivity index (χ0n) is 6.21. The summed E-state index contributed by atoms with van der Waals surface area (Å²) in [7, 11) is 0. The number of imidazole rings is 1. The second-order valence-corrected chi connectivity index (χ2v) is 2.30. The van der Waals surface area contributed by atoms with Crippen molar-refractivity contribution >= 4 is 17.5 Å². The summed E-state index contributed by atoms with van der Waals surface area (Å²) in [5.74, 6) is 0. The summed E-state index contributed by atoms with van der Waals surface area (Å²) < 4.78 is 1.67. The third-order valence-electron chi connectivity index (χ3n) is 1.55. The third kappa shape index (κ3) is 0.952. The maximum absolute atomic E-state index is 10.2. The van der Waals surface area contributed by atoms with Crippen LogP contribution in [-0.4, -0.2) is 25.8 Å². The van der Waals surface area contributed by atoms with Crippen molar-refractivity contribution in [1.29, 1.82) is 0 Å². The van der Waals surface area contributed by atoms with Crippen LogP contribution < -0.4 is 0 Å². The van der Waals surface area contributed by atoms with Gasteiger partial charge in [0.1, 0.15) is 18.1 Å². The van der Waals surface area contributed by atoms with Crippen molar-refractivity contribution in [3.05, 3.63) is 18.9 Å². The van der Waals surface area contributed by atoms with Gasteiger partial charge in [0, 0.05) is 0 Å². The highest BCUT2D eigenvalue weighted by molar-refractivity contribution is 5.70. The molecule has 0 atom stereocenters. The van der Waals surface area contributed by atoms with E-state index in [1.54, 1.807) is 17.1 Å². The highest BCUT2D eigenvalue weighted by Gasteiger charge is 2.00. The van der Waals surface area contributed by atoms with Crippen molar-refractivity contribution in [3.63, 3.8) is 0 Å². The van der Waals surface area contributed by atoms with E-state index in [9.17, 15) is 4.79 Å². The summed E-state index contributed by atoms with van der Waals surface area (Å²) in [5.41, 5.74) is 1.40. The summed E-state index contributed by atoms with van der Waals surface area (Å²) in [5, 5.41) is 0. The molecular formula is C7H6N4O. The summed E-state index contributed by atoms with van der Waals surface area (Å²) in [4.78, 5) is 22.0. The Balaban J connectivity index is 2.62. The predicted molar refractivity (Wildman–Crippen MR) is 41.4 cm³/mol. The van der Waals surface area contributed by atoms with Gasteiger partial charge in [-0.2, -0.15) is 0 Å². The number of fused-ring (bicyclic) bond motifs is 1. The van der Waals surface area contributed by atoms with E-state index in [1.807, 2.05) is 0 Å². The highest BCUT2D eigenvalue weighted by Crippen LogP contribution is 2.05. The van der Waals surface area contributed by atoms with Gasteiger partial charge in [0.25, 0.3) is 0 Å².